The van der Waals surface area contributed by atoms with Crippen LogP contribution >= 0.6 is 0 Å². The van der Waals surface area contributed by atoms with E-state index in [4.69, 9.17) is 16.6 Å². The molecule has 1 saturated heterocycles. The maximum atomic E-state index is 13.2. The fraction of sp³-hybridized carbons (Fsp3) is 0.500. The number of carbonyl (C=O) groups excluding carboxylic acids is 3. The molecule has 3 amide bonds. The molecule has 0 spiro atoms. The number of carboxylic acids is 1. The average molecular weight is 492 g/mol. The molecule has 3 atom stereocenters. The van der Waals surface area contributed by atoms with Crippen LogP contribution in [-0.2, 0) is 25.6 Å². The number of nitrogens with zero attached hydrogens (tertiary/aromatic N) is 1. The van der Waals surface area contributed by atoms with Crippen LogP contribution in [0.4, 0.5) is 0 Å². The van der Waals surface area contributed by atoms with Crippen LogP contribution in [0.1, 0.15) is 31.2 Å². The van der Waals surface area contributed by atoms with Crippen molar-refractivity contribution in [1.82, 2.24) is 21.3 Å². The zero-order chi connectivity index (χ0) is 25.8. The van der Waals surface area contributed by atoms with Crippen molar-refractivity contribution in [1.29, 1.82) is 0 Å². The molecule has 1 aliphatic rings. The molecule has 2 rings (SSSR count). The van der Waals surface area contributed by atoms with Crippen LogP contribution in [-0.4, -0.2) is 77.6 Å². The molecule has 1 heterocycles. The van der Waals surface area contributed by atoms with Crippen molar-refractivity contribution in [3.63, 3.8) is 0 Å². The SMILES string of the molecule is NC(N)=NCCCC(NC(=O)C1CCCN1)C(=O)NC(Cc1ccc(O)cc1)C(=O)NCC(=O)O. The Kier molecular flexibility index (Phi) is 10.8. The Morgan fingerprint density at radius 1 is 1.09 bits per heavy atom. The Morgan fingerprint density at radius 2 is 1.80 bits per heavy atom. The lowest BCUT2D eigenvalue weighted by Crippen LogP contribution is -2.56. The topological polar surface area (TPSA) is 221 Å². The molecule has 1 fully saturated rings. The minimum Gasteiger partial charge on any atom is -0.508 e. The number of aliphatic imine (C=N–C) groups is 1. The van der Waals surface area contributed by atoms with Gasteiger partial charge in [0.25, 0.3) is 0 Å². The van der Waals surface area contributed by atoms with E-state index in [0.29, 0.717) is 24.9 Å². The van der Waals surface area contributed by atoms with E-state index in [1.54, 1.807) is 12.1 Å². The number of nitrogens with two attached hydrogens (primary N) is 2. The summed E-state index contributed by atoms with van der Waals surface area (Å²) in [6.45, 7) is 0.338. The summed E-state index contributed by atoms with van der Waals surface area (Å²) in [6.07, 6.45) is 2.13. The summed E-state index contributed by atoms with van der Waals surface area (Å²) in [7, 11) is 0. The van der Waals surface area contributed by atoms with E-state index >= 15 is 0 Å². The molecule has 3 unspecified atom stereocenters. The van der Waals surface area contributed by atoms with Gasteiger partial charge in [0, 0.05) is 13.0 Å². The highest BCUT2D eigenvalue weighted by atomic mass is 16.4. The van der Waals surface area contributed by atoms with Crippen LogP contribution in [0.3, 0.4) is 0 Å². The highest BCUT2D eigenvalue weighted by molar-refractivity contribution is 5.93. The maximum Gasteiger partial charge on any atom is 0.322 e. The van der Waals surface area contributed by atoms with Crippen molar-refractivity contribution in [2.24, 2.45) is 16.5 Å². The van der Waals surface area contributed by atoms with Crippen LogP contribution in [0.5, 0.6) is 5.75 Å². The molecule has 13 nitrogen and oxygen atoms in total. The lowest BCUT2D eigenvalue weighted by Gasteiger charge is -2.24. The standard InChI is InChI=1S/C22H33N7O6/c23-22(24)26-10-2-4-16(28-20(34)15-3-1-9-25-15)21(35)29-17(19(33)27-12-18(31)32)11-13-5-7-14(30)8-6-13/h5-8,15-17,25,30H,1-4,9-12H2,(H,27,33)(H,28,34)(H,29,35)(H,31,32)(H4,23,24,26). The molecule has 0 saturated carbocycles. The van der Waals surface area contributed by atoms with Gasteiger partial charge in [-0.3, -0.25) is 24.2 Å². The van der Waals surface area contributed by atoms with Crippen molar-refractivity contribution in [2.75, 3.05) is 19.6 Å². The number of hydrogen-bond donors (Lipinski definition) is 8. The number of aliphatic carboxylic acids is 1. The number of carbonyl (C=O) groups is 4. The van der Waals surface area contributed by atoms with Gasteiger partial charge in [-0.2, -0.15) is 0 Å². The van der Waals surface area contributed by atoms with Crippen molar-refractivity contribution in [3.8, 4) is 5.75 Å². The third kappa shape index (κ3) is 9.88. The molecular weight excluding hydrogens is 458 g/mol. The summed E-state index contributed by atoms with van der Waals surface area (Å²) in [6, 6.07) is 3.55. The highest BCUT2D eigenvalue weighted by Crippen LogP contribution is 2.12. The summed E-state index contributed by atoms with van der Waals surface area (Å²) in [5.74, 6) is -2.91. The fourth-order valence-corrected chi connectivity index (χ4v) is 3.59. The van der Waals surface area contributed by atoms with Gasteiger partial charge in [-0.05, 0) is 49.9 Å². The summed E-state index contributed by atoms with van der Waals surface area (Å²) in [5.41, 5.74) is 11.3. The van der Waals surface area contributed by atoms with Gasteiger partial charge in [0.1, 0.15) is 24.4 Å². The number of phenols is 1. The highest BCUT2D eigenvalue weighted by Gasteiger charge is 2.30. The molecule has 13 heteroatoms. The van der Waals surface area contributed by atoms with Crippen molar-refractivity contribution in [2.45, 2.75) is 50.2 Å². The number of rotatable bonds is 13. The molecular formula is C22H33N7O6. The van der Waals surface area contributed by atoms with E-state index in [0.717, 1.165) is 6.42 Å². The number of benzene rings is 1. The Bertz CT molecular complexity index is 911. The minimum absolute atomic E-state index is 0.0359. The molecule has 0 bridgehead atoms. The molecule has 35 heavy (non-hydrogen) atoms. The first-order valence-electron chi connectivity index (χ1n) is 11.3. The molecule has 0 aliphatic carbocycles. The quantitative estimate of drug-likeness (QED) is 0.0859. The second kappa shape index (κ2) is 13.7. The van der Waals surface area contributed by atoms with Crippen molar-refractivity contribution in [3.05, 3.63) is 29.8 Å². The third-order valence-corrected chi connectivity index (χ3v) is 5.38. The van der Waals surface area contributed by atoms with Gasteiger partial charge in [0.15, 0.2) is 5.96 Å². The van der Waals surface area contributed by atoms with Crippen molar-refractivity contribution < 1.29 is 29.4 Å². The Balaban J connectivity index is 2.14. The van der Waals surface area contributed by atoms with Crippen molar-refractivity contribution >= 4 is 29.7 Å². The maximum absolute atomic E-state index is 13.2. The number of hydrogen-bond acceptors (Lipinski definition) is 7. The Morgan fingerprint density at radius 3 is 2.40 bits per heavy atom. The summed E-state index contributed by atoms with van der Waals surface area (Å²) in [4.78, 5) is 53.2. The predicted octanol–water partition coefficient (Wildman–Crippen LogP) is -2.09. The second-order valence-corrected chi connectivity index (χ2v) is 8.20. The zero-order valence-electron chi connectivity index (χ0n) is 19.3. The number of phenolic OH excluding ortho intramolecular Hbond substituents is 1. The van der Waals surface area contributed by atoms with Crippen LogP contribution in [0.15, 0.2) is 29.3 Å². The molecule has 1 aromatic carbocycles. The lowest BCUT2D eigenvalue weighted by molar-refractivity contribution is -0.138. The van der Waals surface area contributed by atoms with Gasteiger partial charge in [-0.25, -0.2) is 0 Å². The summed E-state index contributed by atoms with van der Waals surface area (Å²) >= 11 is 0. The number of nitrogens with one attached hydrogen (secondary N) is 4. The smallest absolute Gasteiger partial charge is 0.322 e. The Labute approximate surface area is 202 Å². The normalized spacial score (nSPS) is 16.5. The van der Waals surface area contributed by atoms with Gasteiger partial charge in [-0.1, -0.05) is 12.1 Å². The Hall–Kier alpha value is -3.87. The largest absolute Gasteiger partial charge is 0.508 e. The lowest BCUT2D eigenvalue weighted by atomic mass is 10.0. The third-order valence-electron chi connectivity index (χ3n) is 5.38. The summed E-state index contributed by atoms with van der Waals surface area (Å²) < 4.78 is 0. The molecule has 0 aromatic heterocycles. The van der Waals surface area contributed by atoms with E-state index in [-0.39, 0.29) is 37.0 Å². The molecule has 1 aromatic rings. The number of carboxylic acid groups (broad SMARTS) is 1. The predicted molar refractivity (Wildman–Crippen MR) is 127 cm³/mol. The minimum atomic E-state index is -1.23. The summed E-state index contributed by atoms with van der Waals surface area (Å²) in [5, 5.41) is 29.1. The first-order valence-corrected chi connectivity index (χ1v) is 11.3. The fourth-order valence-electron chi connectivity index (χ4n) is 3.59. The number of amides is 3. The first-order chi connectivity index (χ1) is 16.7. The molecule has 0 radical (unpaired) electrons. The zero-order valence-corrected chi connectivity index (χ0v) is 19.3. The van der Waals surface area contributed by atoms with Gasteiger partial charge >= 0.3 is 5.97 Å². The van der Waals surface area contributed by atoms with Crippen LogP contribution in [0, 0.1) is 0 Å². The van der Waals surface area contributed by atoms with E-state index in [2.05, 4.69) is 26.3 Å². The van der Waals surface area contributed by atoms with E-state index in [1.165, 1.54) is 12.1 Å². The van der Waals surface area contributed by atoms with E-state index < -0.39 is 42.5 Å². The van der Waals surface area contributed by atoms with E-state index in [9.17, 15) is 24.3 Å². The monoisotopic (exact) mass is 491 g/mol. The second-order valence-electron chi connectivity index (χ2n) is 8.20. The number of guanidine groups is 1. The van der Waals surface area contributed by atoms with Crippen LogP contribution in [0.25, 0.3) is 0 Å². The van der Waals surface area contributed by atoms with Gasteiger partial charge in [0.2, 0.25) is 17.7 Å². The molecule has 192 valence electrons. The van der Waals surface area contributed by atoms with Crippen LogP contribution < -0.4 is 32.7 Å². The average Bonchev–Trinajstić information content (AvgIpc) is 3.35. The van der Waals surface area contributed by atoms with E-state index in [1.807, 2.05) is 0 Å². The van der Waals surface area contributed by atoms with Gasteiger partial charge in [-0.15, -0.1) is 0 Å². The first kappa shape index (κ1) is 27.4. The molecule has 10 N–H and O–H groups in total. The van der Waals surface area contributed by atoms with Crippen LogP contribution in [0.2, 0.25) is 0 Å². The number of aromatic hydroxyl groups is 1. The van der Waals surface area contributed by atoms with Gasteiger partial charge in [0.05, 0.1) is 6.04 Å². The molecule has 1 aliphatic heterocycles. The van der Waals surface area contributed by atoms with Gasteiger partial charge < -0.3 is 42.9 Å².